The van der Waals surface area contributed by atoms with Crippen molar-refractivity contribution in [3.8, 4) is 16.9 Å². The largest absolute Gasteiger partial charge is 0.490 e. The smallest absolute Gasteiger partial charge is 0.184 e. The van der Waals surface area contributed by atoms with E-state index >= 15 is 0 Å². The fourth-order valence-corrected chi connectivity index (χ4v) is 4.14. The highest BCUT2D eigenvalue weighted by Crippen LogP contribution is 2.37. The first-order valence-corrected chi connectivity index (χ1v) is 10.9. The Bertz CT molecular complexity index is 810. The molecule has 1 nitrogen and oxygen atoms in total. The van der Waals surface area contributed by atoms with Crippen LogP contribution in [0.2, 0.25) is 5.02 Å². The molecule has 0 aromatic heterocycles. The zero-order chi connectivity index (χ0) is 19.9. The van der Waals surface area contributed by atoms with E-state index < -0.39 is 5.82 Å². The molecule has 0 bridgehead atoms. The van der Waals surface area contributed by atoms with Gasteiger partial charge in [-0.05, 0) is 60.4 Å². The first kappa shape index (κ1) is 20.9. The second kappa shape index (κ2) is 10.1. The summed E-state index contributed by atoms with van der Waals surface area (Å²) in [5.74, 6) is 0.594. The van der Waals surface area contributed by atoms with Crippen molar-refractivity contribution < 1.29 is 9.13 Å². The van der Waals surface area contributed by atoms with Gasteiger partial charge in [0.2, 0.25) is 0 Å². The fourth-order valence-electron chi connectivity index (χ4n) is 3.88. The molecule has 0 amide bonds. The average molecular weight is 401 g/mol. The lowest BCUT2D eigenvalue weighted by Crippen LogP contribution is -2.05. The van der Waals surface area contributed by atoms with Gasteiger partial charge < -0.3 is 4.74 Å². The molecule has 1 aliphatic rings. The molecule has 0 saturated carbocycles. The molecule has 3 heteroatoms. The zero-order valence-corrected chi connectivity index (χ0v) is 17.7. The predicted molar refractivity (Wildman–Crippen MR) is 117 cm³/mol. The van der Waals surface area contributed by atoms with E-state index in [0.717, 1.165) is 30.7 Å². The maximum absolute atomic E-state index is 14.6. The minimum Gasteiger partial charge on any atom is -0.490 e. The molecular weight excluding hydrogens is 371 g/mol. The van der Waals surface area contributed by atoms with E-state index in [1.54, 1.807) is 6.07 Å². The van der Waals surface area contributed by atoms with Crippen molar-refractivity contribution >= 4 is 17.2 Å². The number of hydrogen-bond acceptors (Lipinski definition) is 1. The lowest BCUT2D eigenvalue weighted by molar-refractivity contribution is 0.294. The molecule has 0 radical (unpaired) electrons. The number of rotatable bonds is 8. The summed E-state index contributed by atoms with van der Waals surface area (Å²) in [5.41, 5.74) is 4.31. The van der Waals surface area contributed by atoms with Gasteiger partial charge in [-0.25, -0.2) is 4.39 Å². The van der Waals surface area contributed by atoms with E-state index in [0.29, 0.717) is 12.2 Å². The molecule has 0 N–H and O–H groups in total. The quantitative estimate of drug-likeness (QED) is 0.405. The lowest BCUT2D eigenvalue weighted by Gasteiger charge is -2.21. The summed E-state index contributed by atoms with van der Waals surface area (Å²) in [5, 5.41) is 0.126. The molecule has 0 fully saturated rings. The van der Waals surface area contributed by atoms with Crippen molar-refractivity contribution in [1.29, 1.82) is 0 Å². The summed E-state index contributed by atoms with van der Waals surface area (Å²) in [6.45, 7) is 4.84. The Hall–Kier alpha value is -1.80. The maximum Gasteiger partial charge on any atom is 0.184 e. The Labute approximate surface area is 173 Å². The molecule has 1 atom stereocenters. The van der Waals surface area contributed by atoms with Gasteiger partial charge in [-0.15, -0.1) is 0 Å². The van der Waals surface area contributed by atoms with Crippen LogP contribution in [0.15, 0.2) is 42.5 Å². The topological polar surface area (TPSA) is 9.23 Å². The van der Waals surface area contributed by atoms with Gasteiger partial charge in [0.15, 0.2) is 11.6 Å². The van der Waals surface area contributed by atoms with Crippen LogP contribution >= 0.6 is 11.6 Å². The van der Waals surface area contributed by atoms with Crippen molar-refractivity contribution in [2.75, 3.05) is 6.61 Å². The number of benzene rings is 2. The van der Waals surface area contributed by atoms with E-state index in [9.17, 15) is 4.39 Å². The Morgan fingerprint density at radius 1 is 1.04 bits per heavy atom. The summed E-state index contributed by atoms with van der Waals surface area (Å²) in [6.07, 6.45) is 10.5. The first-order valence-electron chi connectivity index (χ1n) is 10.5. The highest BCUT2D eigenvalue weighted by Gasteiger charge is 2.16. The standard InChI is InChI=1S/C25H30ClFO/c1-3-5-17-28-23-16-15-22(24(26)25(23)27)21-13-11-20(12-14-21)19-9-7-18(6-4-2)8-10-19/h9,11-16,18H,3-8,10,17H2,1-2H3. The van der Waals surface area contributed by atoms with Gasteiger partial charge in [-0.3, -0.25) is 0 Å². The van der Waals surface area contributed by atoms with Gasteiger partial charge in [0, 0.05) is 5.56 Å². The summed E-state index contributed by atoms with van der Waals surface area (Å²) in [7, 11) is 0. The van der Waals surface area contributed by atoms with Gasteiger partial charge in [-0.2, -0.15) is 0 Å². The molecule has 1 aliphatic carbocycles. The third-order valence-corrected chi connectivity index (χ3v) is 5.95. The van der Waals surface area contributed by atoms with Crippen molar-refractivity contribution in [3.05, 3.63) is 58.9 Å². The maximum atomic E-state index is 14.6. The molecule has 3 rings (SSSR count). The molecule has 0 spiro atoms. The minimum absolute atomic E-state index is 0.126. The number of ether oxygens (including phenoxy) is 1. The Balaban J connectivity index is 1.74. The van der Waals surface area contributed by atoms with E-state index in [-0.39, 0.29) is 10.8 Å². The van der Waals surface area contributed by atoms with Crippen LogP contribution in [0.1, 0.15) is 64.4 Å². The van der Waals surface area contributed by atoms with Crippen LogP contribution in [-0.2, 0) is 0 Å². The molecule has 28 heavy (non-hydrogen) atoms. The Morgan fingerprint density at radius 2 is 1.79 bits per heavy atom. The number of unbranched alkanes of at least 4 members (excludes halogenated alkanes) is 1. The molecule has 2 aromatic carbocycles. The molecule has 0 heterocycles. The van der Waals surface area contributed by atoms with Crippen LogP contribution in [0.5, 0.6) is 5.75 Å². The molecule has 1 unspecified atom stereocenters. The van der Waals surface area contributed by atoms with Gasteiger partial charge in [0.1, 0.15) is 0 Å². The summed E-state index contributed by atoms with van der Waals surface area (Å²) < 4.78 is 20.1. The van der Waals surface area contributed by atoms with Gasteiger partial charge in [0.05, 0.1) is 11.6 Å². The van der Waals surface area contributed by atoms with E-state index in [4.69, 9.17) is 16.3 Å². The van der Waals surface area contributed by atoms with E-state index in [1.807, 2.05) is 18.2 Å². The second-order valence-corrected chi connectivity index (χ2v) is 8.05. The molecule has 2 aromatic rings. The third-order valence-electron chi connectivity index (χ3n) is 5.59. The summed E-state index contributed by atoms with van der Waals surface area (Å²) >= 11 is 6.31. The fraction of sp³-hybridized carbons (Fsp3) is 0.440. The van der Waals surface area contributed by atoms with E-state index in [2.05, 4.69) is 32.1 Å². The Kier molecular flexibility index (Phi) is 7.56. The molecule has 0 saturated heterocycles. The highest BCUT2D eigenvalue weighted by atomic mass is 35.5. The van der Waals surface area contributed by atoms with Crippen molar-refractivity contribution in [2.24, 2.45) is 5.92 Å². The SMILES string of the molecule is CCCCOc1ccc(-c2ccc(C3=CCC(CCC)CC3)cc2)c(Cl)c1F. The lowest BCUT2D eigenvalue weighted by atomic mass is 9.84. The van der Waals surface area contributed by atoms with Gasteiger partial charge >= 0.3 is 0 Å². The number of hydrogen-bond donors (Lipinski definition) is 0. The molecule has 0 aliphatic heterocycles. The minimum atomic E-state index is -0.476. The summed E-state index contributed by atoms with van der Waals surface area (Å²) in [4.78, 5) is 0. The normalized spacial score (nSPS) is 16.7. The van der Waals surface area contributed by atoms with Crippen LogP contribution in [-0.4, -0.2) is 6.61 Å². The average Bonchev–Trinajstić information content (AvgIpc) is 2.72. The van der Waals surface area contributed by atoms with Crippen molar-refractivity contribution in [1.82, 2.24) is 0 Å². The van der Waals surface area contributed by atoms with E-state index in [1.165, 1.54) is 36.8 Å². The zero-order valence-electron chi connectivity index (χ0n) is 16.9. The van der Waals surface area contributed by atoms with Crippen LogP contribution in [0.25, 0.3) is 16.7 Å². The van der Waals surface area contributed by atoms with Gasteiger partial charge in [0.25, 0.3) is 0 Å². The second-order valence-electron chi connectivity index (χ2n) is 7.68. The molecular formula is C25H30ClFO. The van der Waals surface area contributed by atoms with Crippen LogP contribution in [0.4, 0.5) is 4.39 Å². The van der Waals surface area contributed by atoms with Crippen molar-refractivity contribution in [3.63, 3.8) is 0 Å². The van der Waals surface area contributed by atoms with Crippen molar-refractivity contribution in [2.45, 2.75) is 58.8 Å². The van der Waals surface area contributed by atoms with Gasteiger partial charge in [-0.1, -0.05) is 75.1 Å². The Morgan fingerprint density at radius 3 is 2.43 bits per heavy atom. The predicted octanol–water partition coefficient (Wildman–Crippen LogP) is 8.31. The van der Waals surface area contributed by atoms with Crippen LogP contribution in [0, 0.1) is 11.7 Å². The number of halogens is 2. The third kappa shape index (κ3) is 4.97. The highest BCUT2D eigenvalue weighted by molar-refractivity contribution is 6.33. The van der Waals surface area contributed by atoms with Crippen LogP contribution in [0.3, 0.4) is 0 Å². The monoisotopic (exact) mass is 400 g/mol. The molecule has 150 valence electrons. The summed E-state index contributed by atoms with van der Waals surface area (Å²) in [6, 6.07) is 11.8. The first-order chi connectivity index (χ1) is 13.6. The van der Waals surface area contributed by atoms with Crippen LogP contribution < -0.4 is 4.74 Å². The number of allylic oxidation sites excluding steroid dienone is 2.